The van der Waals surface area contributed by atoms with Crippen LogP contribution in [0.3, 0.4) is 0 Å². The molecule has 0 radical (unpaired) electrons. The van der Waals surface area contributed by atoms with Crippen molar-refractivity contribution in [2.75, 3.05) is 19.6 Å². The number of carbonyl (C=O) groups is 2. The summed E-state index contributed by atoms with van der Waals surface area (Å²) in [5.41, 5.74) is 0. The zero-order valence-corrected chi connectivity index (χ0v) is 16.9. The molecule has 7 heteroatoms. The van der Waals surface area contributed by atoms with E-state index < -0.39 is 0 Å². The van der Waals surface area contributed by atoms with E-state index in [-0.39, 0.29) is 29.7 Å². The number of carbonyl (C=O) groups excluding carboxylic acids is 2. The summed E-state index contributed by atoms with van der Waals surface area (Å²) >= 11 is 0. The van der Waals surface area contributed by atoms with E-state index in [2.05, 4.69) is 10.2 Å². The van der Waals surface area contributed by atoms with Gasteiger partial charge in [-0.1, -0.05) is 19.8 Å². The van der Waals surface area contributed by atoms with Gasteiger partial charge >= 0.3 is 0 Å². The Bertz CT molecular complexity index is 690. The van der Waals surface area contributed by atoms with Gasteiger partial charge in [0, 0.05) is 37.9 Å². The Morgan fingerprint density at radius 3 is 2.32 bits per heavy atom. The minimum atomic E-state index is -0.0649. The van der Waals surface area contributed by atoms with Crippen LogP contribution in [-0.2, 0) is 9.59 Å². The molecule has 2 aliphatic heterocycles. The molecule has 0 aromatic carbocycles. The quantitative estimate of drug-likeness (QED) is 0.789. The number of aromatic nitrogens is 2. The Kier molecular flexibility index (Phi) is 5.97. The van der Waals surface area contributed by atoms with Crippen molar-refractivity contribution in [3.8, 4) is 0 Å². The molecule has 2 saturated heterocycles. The molecule has 3 heterocycles. The highest BCUT2D eigenvalue weighted by Gasteiger charge is 2.37. The van der Waals surface area contributed by atoms with Gasteiger partial charge in [0.05, 0.1) is 0 Å². The fraction of sp³-hybridized carbons (Fsp3) is 0.810. The van der Waals surface area contributed by atoms with Crippen molar-refractivity contribution in [2.24, 2.45) is 5.92 Å². The maximum Gasteiger partial charge on any atom is 0.238 e. The van der Waals surface area contributed by atoms with Crippen LogP contribution >= 0.6 is 0 Å². The van der Waals surface area contributed by atoms with Gasteiger partial charge in [-0.3, -0.25) is 9.59 Å². The fourth-order valence-corrected chi connectivity index (χ4v) is 5.00. The van der Waals surface area contributed by atoms with E-state index in [0.29, 0.717) is 18.2 Å². The van der Waals surface area contributed by atoms with Gasteiger partial charge in [0.2, 0.25) is 23.6 Å². The smallest absolute Gasteiger partial charge is 0.238 e. The first-order valence-electron chi connectivity index (χ1n) is 11.1. The summed E-state index contributed by atoms with van der Waals surface area (Å²) in [5.74, 6) is 2.18. The fourth-order valence-electron chi connectivity index (χ4n) is 5.00. The largest absolute Gasteiger partial charge is 0.423 e. The van der Waals surface area contributed by atoms with Crippen molar-refractivity contribution in [3.63, 3.8) is 0 Å². The summed E-state index contributed by atoms with van der Waals surface area (Å²) in [4.78, 5) is 28.8. The third-order valence-corrected chi connectivity index (χ3v) is 6.73. The molecule has 2 amide bonds. The average Bonchev–Trinajstić information content (AvgIpc) is 3.45. The lowest BCUT2D eigenvalue weighted by atomic mass is 9.96. The van der Waals surface area contributed by atoms with Crippen LogP contribution in [0.15, 0.2) is 4.42 Å². The number of piperidine rings is 2. The van der Waals surface area contributed by atoms with Crippen molar-refractivity contribution in [1.82, 2.24) is 20.0 Å². The summed E-state index contributed by atoms with van der Waals surface area (Å²) in [5, 5.41) is 8.69. The molecule has 4 rings (SSSR count). The second-order valence-electron chi connectivity index (χ2n) is 8.51. The summed E-state index contributed by atoms with van der Waals surface area (Å²) in [6.45, 7) is 4.21. The molecule has 3 aliphatic rings. The molecule has 0 bridgehead atoms. The zero-order valence-electron chi connectivity index (χ0n) is 16.9. The third-order valence-electron chi connectivity index (χ3n) is 6.73. The van der Waals surface area contributed by atoms with Crippen molar-refractivity contribution in [2.45, 2.75) is 83.1 Å². The van der Waals surface area contributed by atoms with Gasteiger partial charge in [0.1, 0.15) is 6.04 Å². The summed E-state index contributed by atoms with van der Waals surface area (Å²) in [6, 6.07) is -0.0649. The summed E-state index contributed by atoms with van der Waals surface area (Å²) in [7, 11) is 0. The molecule has 1 saturated carbocycles. The van der Waals surface area contributed by atoms with Crippen molar-refractivity contribution < 1.29 is 14.0 Å². The topological polar surface area (TPSA) is 79.5 Å². The SMILES string of the molecule is CCC(=O)N1CCC(c2nnc(C3CCCCN3C(=O)C3CCCC3)o2)CC1. The molecule has 3 fully saturated rings. The molecule has 154 valence electrons. The Morgan fingerprint density at radius 1 is 0.929 bits per heavy atom. The van der Waals surface area contributed by atoms with E-state index in [0.717, 1.165) is 64.6 Å². The Balaban J connectivity index is 1.42. The van der Waals surface area contributed by atoms with Crippen LogP contribution in [0, 0.1) is 5.92 Å². The molecule has 1 aliphatic carbocycles. The van der Waals surface area contributed by atoms with Crippen LogP contribution in [0.25, 0.3) is 0 Å². The molecular weight excluding hydrogens is 356 g/mol. The van der Waals surface area contributed by atoms with Crippen molar-refractivity contribution >= 4 is 11.8 Å². The molecule has 1 atom stereocenters. The van der Waals surface area contributed by atoms with Gasteiger partial charge in [-0.2, -0.15) is 0 Å². The Hall–Kier alpha value is -1.92. The zero-order chi connectivity index (χ0) is 19.5. The second kappa shape index (κ2) is 8.62. The van der Waals surface area contributed by atoms with E-state index in [1.54, 1.807) is 0 Å². The van der Waals surface area contributed by atoms with E-state index in [9.17, 15) is 9.59 Å². The number of hydrogen-bond donors (Lipinski definition) is 0. The average molecular weight is 389 g/mol. The lowest BCUT2D eigenvalue weighted by molar-refractivity contribution is -0.140. The standard InChI is InChI=1S/C21H32N4O3/c1-2-18(26)24-13-10-15(11-14-24)19-22-23-20(28-19)17-9-5-6-12-25(17)21(27)16-7-3-4-8-16/h15-17H,2-14H2,1H3. The summed E-state index contributed by atoms with van der Waals surface area (Å²) in [6.07, 6.45) is 9.71. The number of likely N-dealkylation sites (tertiary alicyclic amines) is 2. The van der Waals surface area contributed by atoms with Gasteiger partial charge in [-0.15, -0.1) is 10.2 Å². The van der Waals surface area contributed by atoms with Gasteiger partial charge in [0.15, 0.2) is 0 Å². The van der Waals surface area contributed by atoms with Gasteiger partial charge in [-0.05, 0) is 44.9 Å². The minimum absolute atomic E-state index is 0.0649. The second-order valence-corrected chi connectivity index (χ2v) is 8.51. The van der Waals surface area contributed by atoms with Gasteiger partial charge < -0.3 is 14.2 Å². The molecule has 1 unspecified atom stereocenters. The monoisotopic (exact) mass is 388 g/mol. The molecule has 0 spiro atoms. The highest BCUT2D eigenvalue weighted by atomic mass is 16.4. The minimum Gasteiger partial charge on any atom is -0.423 e. The highest BCUT2D eigenvalue weighted by molar-refractivity contribution is 5.79. The predicted octanol–water partition coefficient (Wildman–Crippen LogP) is 3.43. The number of amides is 2. The van der Waals surface area contributed by atoms with E-state index >= 15 is 0 Å². The number of hydrogen-bond acceptors (Lipinski definition) is 5. The predicted molar refractivity (Wildman–Crippen MR) is 103 cm³/mol. The number of nitrogens with zero attached hydrogens (tertiary/aromatic N) is 4. The molecule has 1 aromatic heterocycles. The van der Waals surface area contributed by atoms with E-state index in [4.69, 9.17) is 4.42 Å². The maximum atomic E-state index is 13.0. The first-order chi connectivity index (χ1) is 13.7. The van der Waals surface area contributed by atoms with Crippen LogP contribution in [-0.4, -0.2) is 51.4 Å². The van der Waals surface area contributed by atoms with E-state index in [1.165, 1.54) is 12.8 Å². The van der Waals surface area contributed by atoms with Crippen LogP contribution < -0.4 is 0 Å². The lowest BCUT2D eigenvalue weighted by Crippen LogP contribution is -2.41. The lowest BCUT2D eigenvalue weighted by Gasteiger charge is -2.35. The molecule has 0 N–H and O–H groups in total. The molecule has 1 aromatic rings. The van der Waals surface area contributed by atoms with Crippen LogP contribution in [0.1, 0.15) is 94.9 Å². The van der Waals surface area contributed by atoms with E-state index in [1.807, 2.05) is 16.7 Å². The normalized spacial score (nSPS) is 24.7. The van der Waals surface area contributed by atoms with Crippen LogP contribution in [0.2, 0.25) is 0 Å². The molecule has 7 nitrogen and oxygen atoms in total. The Labute approximate surface area is 166 Å². The molecular formula is C21H32N4O3. The number of rotatable bonds is 4. The first kappa shape index (κ1) is 19.4. The third kappa shape index (κ3) is 3.94. The Morgan fingerprint density at radius 2 is 1.61 bits per heavy atom. The van der Waals surface area contributed by atoms with Gasteiger partial charge in [-0.25, -0.2) is 0 Å². The summed E-state index contributed by atoms with van der Waals surface area (Å²) < 4.78 is 6.11. The van der Waals surface area contributed by atoms with Gasteiger partial charge in [0.25, 0.3) is 0 Å². The van der Waals surface area contributed by atoms with Crippen LogP contribution in [0.5, 0.6) is 0 Å². The van der Waals surface area contributed by atoms with Crippen molar-refractivity contribution in [1.29, 1.82) is 0 Å². The highest BCUT2D eigenvalue weighted by Crippen LogP contribution is 2.36. The van der Waals surface area contributed by atoms with Crippen LogP contribution in [0.4, 0.5) is 0 Å². The molecule has 28 heavy (non-hydrogen) atoms. The first-order valence-corrected chi connectivity index (χ1v) is 11.1. The van der Waals surface area contributed by atoms with Crippen molar-refractivity contribution in [3.05, 3.63) is 11.8 Å². The maximum absolute atomic E-state index is 13.0.